The van der Waals surface area contributed by atoms with E-state index in [1.54, 1.807) is 26.1 Å². The molecular formula is C24H28N4O4. The average Bonchev–Trinajstić information content (AvgIpc) is 3.04. The molecule has 0 spiro atoms. The molecule has 32 heavy (non-hydrogen) atoms. The number of nitrogens with one attached hydrogen (secondary N) is 1. The van der Waals surface area contributed by atoms with Crippen LogP contribution < -0.4 is 10.2 Å². The zero-order valence-electron chi connectivity index (χ0n) is 18.4. The van der Waals surface area contributed by atoms with Crippen LogP contribution in [0, 0.1) is 0 Å². The number of carbonyl (C=O) groups is 3. The molecule has 2 aliphatic heterocycles. The number of hydrogen-bond donors (Lipinski definition) is 1. The Balaban J connectivity index is 1.37. The number of nitrogens with zero attached hydrogens (tertiary/aromatic N) is 3. The molecule has 2 heterocycles. The molecule has 2 fully saturated rings. The van der Waals surface area contributed by atoms with Crippen LogP contribution >= 0.6 is 0 Å². The van der Waals surface area contributed by atoms with Crippen LogP contribution in [0.3, 0.4) is 0 Å². The Morgan fingerprint density at radius 1 is 1.06 bits per heavy atom. The quantitative estimate of drug-likeness (QED) is 0.700. The highest BCUT2D eigenvalue weighted by molar-refractivity contribution is 6.09. The Morgan fingerprint density at radius 2 is 1.72 bits per heavy atom. The predicted molar refractivity (Wildman–Crippen MR) is 120 cm³/mol. The number of benzene rings is 2. The van der Waals surface area contributed by atoms with E-state index < -0.39 is 17.5 Å². The van der Waals surface area contributed by atoms with Gasteiger partial charge in [-0.2, -0.15) is 0 Å². The van der Waals surface area contributed by atoms with Crippen molar-refractivity contribution in [3.8, 4) is 0 Å². The zero-order chi connectivity index (χ0) is 22.7. The third-order valence-corrected chi connectivity index (χ3v) is 6.08. The predicted octanol–water partition coefficient (Wildman–Crippen LogP) is 1.95. The van der Waals surface area contributed by atoms with Gasteiger partial charge in [-0.05, 0) is 30.2 Å². The van der Waals surface area contributed by atoms with Crippen molar-refractivity contribution in [2.45, 2.75) is 19.0 Å². The summed E-state index contributed by atoms with van der Waals surface area (Å²) in [5.41, 5.74) is 1.61. The molecule has 8 heteroatoms. The highest BCUT2D eigenvalue weighted by Crippen LogP contribution is 2.28. The summed E-state index contributed by atoms with van der Waals surface area (Å²) in [4.78, 5) is 43.1. The third-order valence-electron chi connectivity index (χ3n) is 6.08. The third kappa shape index (κ3) is 4.31. The lowest BCUT2D eigenvalue weighted by Crippen LogP contribution is -2.43. The van der Waals surface area contributed by atoms with Crippen molar-refractivity contribution in [1.29, 1.82) is 0 Å². The molecule has 0 radical (unpaired) electrons. The van der Waals surface area contributed by atoms with E-state index in [0.717, 1.165) is 42.5 Å². The molecule has 2 aliphatic rings. The SMILES string of the molecule is CN(Cc1ccc(N2CCOCC2)cc1)C(=O)CN1C(=O)N[C@](C)(c2ccccc2)C1=O. The van der Waals surface area contributed by atoms with Crippen molar-refractivity contribution >= 4 is 23.5 Å². The van der Waals surface area contributed by atoms with E-state index in [2.05, 4.69) is 10.2 Å². The highest BCUT2D eigenvalue weighted by Gasteiger charge is 2.49. The smallest absolute Gasteiger partial charge is 0.325 e. The molecule has 168 valence electrons. The minimum absolute atomic E-state index is 0.296. The molecule has 8 nitrogen and oxygen atoms in total. The first-order valence-electron chi connectivity index (χ1n) is 10.7. The fraction of sp³-hybridized carbons (Fsp3) is 0.375. The summed E-state index contributed by atoms with van der Waals surface area (Å²) >= 11 is 0. The highest BCUT2D eigenvalue weighted by atomic mass is 16.5. The van der Waals surface area contributed by atoms with Crippen LogP contribution in [0.1, 0.15) is 18.1 Å². The summed E-state index contributed by atoms with van der Waals surface area (Å²) in [5, 5.41) is 2.73. The summed E-state index contributed by atoms with van der Waals surface area (Å²) in [5.74, 6) is -0.728. The molecule has 0 bridgehead atoms. The molecule has 0 aromatic heterocycles. The molecule has 4 rings (SSSR count). The van der Waals surface area contributed by atoms with Gasteiger partial charge in [-0.1, -0.05) is 42.5 Å². The van der Waals surface area contributed by atoms with Gasteiger partial charge in [-0.25, -0.2) is 4.79 Å². The molecule has 1 N–H and O–H groups in total. The van der Waals surface area contributed by atoms with Crippen LogP contribution in [-0.4, -0.2) is 67.5 Å². The lowest BCUT2D eigenvalue weighted by Gasteiger charge is -2.29. The fourth-order valence-corrected chi connectivity index (χ4v) is 4.06. The van der Waals surface area contributed by atoms with Gasteiger partial charge in [0.25, 0.3) is 5.91 Å². The first-order chi connectivity index (χ1) is 15.4. The van der Waals surface area contributed by atoms with Crippen LogP contribution in [0.4, 0.5) is 10.5 Å². The van der Waals surface area contributed by atoms with E-state index in [1.165, 1.54) is 4.90 Å². The molecule has 0 aliphatic carbocycles. The van der Waals surface area contributed by atoms with E-state index in [-0.39, 0.29) is 12.5 Å². The average molecular weight is 437 g/mol. The summed E-state index contributed by atoms with van der Waals surface area (Å²) < 4.78 is 5.39. The van der Waals surface area contributed by atoms with Gasteiger partial charge in [0.2, 0.25) is 5.91 Å². The van der Waals surface area contributed by atoms with Crippen LogP contribution in [0.15, 0.2) is 54.6 Å². The topological polar surface area (TPSA) is 82.2 Å². The Morgan fingerprint density at radius 3 is 2.38 bits per heavy atom. The molecule has 4 amide bonds. The first kappa shape index (κ1) is 21.8. The number of ether oxygens (including phenoxy) is 1. The van der Waals surface area contributed by atoms with E-state index in [0.29, 0.717) is 12.1 Å². The van der Waals surface area contributed by atoms with Crippen molar-refractivity contribution in [2.75, 3.05) is 44.8 Å². The summed E-state index contributed by atoms with van der Waals surface area (Å²) in [6.07, 6.45) is 0. The number of likely N-dealkylation sites (N-methyl/N-ethyl adjacent to an activating group) is 1. The first-order valence-corrected chi connectivity index (χ1v) is 10.7. The van der Waals surface area contributed by atoms with Gasteiger partial charge in [0.1, 0.15) is 12.1 Å². The monoisotopic (exact) mass is 436 g/mol. The molecule has 0 unspecified atom stereocenters. The standard InChI is InChI=1S/C24H28N4O4/c1-24(19-6-4-3-5-7-19)22(30)28(23(31)25-24)17-21(29)26(2)16-18-8-10-20(11-9-18)27-12-14-32-15-13-27/h3-11H,12-17H2,1-2H3,(H,25,31)/t24-/m1/s1. The fourth-order valence-electron chi connectivity index (χ4n) is 4.06. The van der Waals surface area contributed by atoms with Gasteiger partial charge < -0.3 is 19.9 Å². The van der Waals surface area contributed by atoms with E-state index >= 15 is 0 Å². The molecule has 0 saturated carbocycles. The Bertz CT molecular complexity index is 989. The lowest BCUT2D eigenvalue weighted by atomic mass is 9.92. The van der Waals surface area contributed by atoms with Gasteiger partial charge in [0.05, 0.1) is 13.2 Å². The van der Waals surface area contributed by atoms with Gasteiger partial charge in [0, 0.05) is 32.4 Å². The number of hydrogen-bond acceptors (Lipinski definition) is 5. The number of rotatable bonds is 6. The number of amides is 4. The Hall–Kier alpha value is -3.39. The molecule has 2 aromatic carbocycles. The Kier molecular flexibility index (Phi) is 6.14. The van der Waals surface area contributed by atoms with Crippen molar-refractivity contribution in [1.82, 2.24) is 15.1 Å². The largest absolute Gasteiger partial charge is 0.378 e. The normalized spacial score (nSPS) is 20.9. The van der Waals surface area contributed by atoms with E-state index in [1.807, 2.05) is 42.5 Å². The summed E-state index contributed by atoms with van der Waals surface area (Å²) in [6, 6.07) is 16.6. The number of urea groups is 1. The maximum atomic E-state index is 13.0. The minimum Gasteiger partial charge on any atom is -0.378 e. The zero-order valence-corrected chi connectivity index (χ0v) is 18.4. The van der Waals surface area contributed by atoms with Gasteiger partial charge >= 0.3 is 6.03 Å². The van der Waals surface area contributed by atoms with Crippen LogP contribution in [0.5, 0.6) is 0 Å². The van der Waals surface area contributed by atoms with E-state index in [9.17, 15) is 14.4 Å². The van der Waals surface area contributed by atoms with Crippen molar-refractivity contribution in [3.63, 3.8) is 0 Å². The van der Waals surface area contributed by atoms with Gasteiger partial charge in [-0.3, -0.25) is 14.5 Å². The second-order valence-corrected chi connectivity index (χ2v) is 8.33. The summed E-state index contributed by atoms with van der Waals surface area (Å²) in [6.45, 7) is 4.94. The molecule has 2 aromatic rings. The molecule has 2 saturated heterocycles. The molecule has 1 atom stereocenters. The van der Waals surface area contributed by atoms with Crippen LogP contribution in [0.25, 0.3) is 0 Å². The second kappa shape index (κ2) is 9.00. The van der Waals surface area contributed by atoms with Crippen molar-refractivity contribution in [3.05, 3.63) is 65.7 Å². The lowest BCUT2D eigenvalue weighted by molar-refractivity contribution is -0.138. The number of anilines is 1. The summed E-state index contributed by atoms with van der Waals surface area (Å²) in [7, 11) is 1.67. The van der Waals surface area contributed by atoms with Crippen molar-refractivity contribution < 1.29 is 19.1 Å². The maximum Gasteiger partial charge on any atom is 0.325 e. The minimum atomic E-state index is -1.17. The van der Waals surface area contributed by atoms with Gasteiger partial charge in [-0.15, -0.1) is 0 Å². The number of carbonyl (C=O) groups excluding carboxylic acids is 3. The van der Waals surface area contributed by atoms with Gasteiger partial charge in [0.15, 0.2) is 0 Å². The number of imide groups is 1. The number of morpholine rings is 1. The van der Waals surface area contributed by atoms with Crippen molar-refractivity contribution in [2.24, 2.45) is 0 Å². The second-order valence-electron chi connectivity index (χ2n) is 8.33. The van der Waals surface area contributed by atoms with E-state index in [4.69, 9.17) is 4.74 Å². The maximum absolute atomic E-state index is 13.0. The van der Waals surface area contributed by atoms with Crippen LogP contribution in [-0.2, 0) is 26.4 Å². The van der Waals surface area contributed by atoms with Crippen LogP contribution in [0.2, 0.25) is 0 Å². The Labute approximate surface area is 187 Å². The molecular weight excluding hydrogens is 408 g/mol.